The molecule has 0 saturated carbocycles. The summed E-state index contributed by atoms with van der Waals surface area (Å²) >= 11 is 0.149. The molecular formula is C48H92O4Sn. The van der Waals surface area contributed by atoms with Gasteiger partial charge in [0.25, 0.3) is 0 Å². The minimum atomic E-state index is -1.33. The molecule has 0 amide bonds. The van der Waals surface area contributed by atoms with Gasteiger partial charge in [0.05, 0.1) is 11.9 Å². The van der Waals surface area contributed by atoms with Gasteiger partial charge < -0.3 is 19.8 Å². The van der Waals surface area contributed by atoms with Crippen LogP contribution in [0.1, 0.15) is 272 Å². The SMILES string of the molecule is CCCCCCCCCCCCCCCCCC/C(C(=O)[O-])=C(\CCCCCCCCCCCCCCCCCC)C(=O)[O-].CCC[CH2][Sn+2][CH2]CCC. The molecule has 0 fully saturated rings. The summed E-state index contributed by atoms with van der Waals surface area (Å²) in [6, 6.07) is 0. The quantitative estimate of drug-likeness (QED) is 0.0348. The zero-order valence-electron chi connectivity index (χ0n) is 36.4. The van der Waals surface area contributed by atoms with Crippen LogP contribution >= 0.6 is 0 Å². The molecule has 0 aromatic heterocycles. The van der Waals surface area contributed by atoms with Gasteiger partial charge in [-0.2, -0.15) is 0 Å². The Labute approximate surface area is 342 Å². The summed E-state index contributed by atoms with van der Waals surface area (Å²) in [5, 5.41) is 23.5. The summed E-state index contributed by atoms with van der Waals surface area (Å²) in [5.41, 5.74) is -0.0624. The molecule has 4 nitrogen and oxygen atoms in total. The number of rotatable bonds is 42. The fourth-order valence-corrected chi connectivity index (χ4v) is 11.3. The maximum absolute atomic E-state index is 11.7. The van der Waals surface area contributed by atoms with E-state index in [1.165, 1.54) is 193 Å². The third kappa shape index (κ3) is 44.1. The average molecular weight is 852 g/mol. The molecule has 312 valence electrons. The minimum absolute atomic E-state index is 0.0312. The van der Waals surface area contributed by atoms with Crippen molar-refractivity contribution in [2.24, 2.45) is 0 Å². The van der Waals surface area contributed by atoms with Gasteiger partial charge in [-0.05, 0) is 36.8 Å². The molecule has 0 unspecified atom stereocenters. The summed E-state index contributed by atoms with van der Waals surface area (Å²) in [4.78, 5) is 23.5. The van der Waals surface area contributed by atoms with Crippen LogP contribution in [0.3, 0.4) is 0 Å². The van der Waals surface area contributed by atoms with E-state index in [4.69, 9.17) is 0 Å². The van der Waals surface area contributed by atoms with E-state index >= 15 is 0 Å². The maximum atomic E-state index is 11.7. The van der Waals surface area contributed by atoms with Crippen molar-refractivity contribution >= 4 is 33.1 Å². The molecule has 0 spiro atoms. The molecule has 53 heavy (non-hydrogen) atoms. The van der Waals surface area contributed by atoms with Gasteiger partial charge in [-0.25, -0.2) is 0 Å². The second-order valence-electron chi connectivity index (χ2n) is 16.1. The Morgan fingerprint density at radius 1 is 0.302 bits per heavy atom. The summed E-state index contributed by atoms with van der Waals surface area (Å²) in [6.07, 6.45) is 46.7. The van der Waals surface area contributed by atoms with Crippen molar-refractivity contribution in [2.75, 3.05) is 0 Å². The number of carboxylic acid groups (broad SMARTS) is 2. The van der Waals surface area contributed by atoms with Crippen LogP contribution in [0.15, 0.2) is 11.1 Å². The van der Waals surface area contributed by atoms with Gasteiger partial charge in [-0.1, -0.05) is 206 Å². The number of hydrogen-bond donors (Lipinski definition) is 0. The number of carbonyl (C=O) groups excluding carboxylic acids is 2. The van der Waals surface area contributed by atoms with Crippen LogP contribution in [-0.4, -0.2) is 33.1 Å². The van der Waals surface area contributed by atoms with Crippen LogP contribution in [0.5, 0.6) is 0 Å². The third-order valence-electron chi connectivity index (χ3n) is 10.8. The van der Waals surface area contributed by atoms with Crippen LogP contribution < -0.4 is 10.2 Å². The number of carbonyl (C=O) groups is 2. The van der Waals surface area contributed by atoms with E-state index in [2.05, 4.69) is 27.7 Å². The molecule has 0 rings (SSSR count). The number of carboxylic acids is 2. The molecule has 0 aliphatic heterocycles. The molecule has 0 heterocycles. The monoisotopic (exact) mass is 853 g/mol. The number of hydrogen-bond acceptors (Lipinski definition) is 4. The molecule has 0 radical (unpaired) electrons. The standard InChI is InChI=1S/C40H76O4.2C4H9.Sn/c1-3-5-7-9-11-13-15-17-19-21-23-25-27-29-31-33-35-37(39(41)42)38(40(43)44)36-34-32-30-28-26-24-22-20-18-16-14-12-10-8-6-4-2;2*1-3-4-2;/h3-36H2,1-2H3,(H,41,42)(H,43,44);2*1,3-4H2,2H3;/q;;;+2/p-2/b38-37-;;;. The molecule has 0 aromatic carbocycles. The first-order valence-electron chi connectivity index (χ1n) is 23.8. The van der Waals surface area contributed by atoms with Crippen LogP contribution in [0.2, 0.25) is 8.87 Å². The fourth-order valence-electron chi connectivity index (χ4n) is 7.18. The molecule has 0 N–H and O–H groups in total. The first kappa shape index (κ1) is 54.6. The predicted octanol–water partition coefficient (Wildman–Crippen LogP) is 14.2. The Kier molecular flexibility index (Phi) is 49.0. The molecule has 5 heteroatoms. The van der Waals surface area contributed by atoms with Crippen molar-refractivity contribution in [3.8, 4) is 0 Å². The Bertz CT molecular complexity index is 718. The van der Waals surface area contributed by atoms with Gasteiger partial charge >= 0.3 is 69.5 Å². The molecular weight excluding hydrogens is 759 g/mol. The summed E-state index contributed by atoms with van der Waals surface area (Å²) in [6.45, 7) is 9.11. The van der Waals surface area contributed by atoms with E-state index in [0.29, 0.717) is 12.8 Å². The fraction of sp³-hybridized carbons (Fsp3) is 0.917. The Morgan fingerprint density at radius 3 is 0.679 bits per heavy atom. The second-order valence-corrected chi connectivity index (χ2v) is 20.4. The van der Waals surface area contributed by atoms with E-state index < -0.39 is 11.9 Å². The average Bonchev–Trinajstić information content (AvgIpc) is 3.14. The number of unbranched alkanes of at least 4 members (excludes halogenated alkanes) is 32. The summed E-state index contributed by atoms with van der Waals surface area (Å²) in [5.74, 6) is -2.66. The van der Waals surface area contributed by atoms with Crippen LogP contribution in [-0.2, 0) is 9.59 Å². The van der Waals surface area contributed by atoms with Gasteiger partial charge in [0, 0.05) is 0 Å². The van der Waals surface area contributed by atoms with Crippen LogP contribution in [0, 0.1) is 0 Å². The number of aliphatic carboxylic acids is 2. The van der Waals surface area contributed by atoms with E-state index in [-0.39, 0.29) is 45.1 Å². The van der Waals surface area contributed by atoms with Gasteiger partial charge in [0.2, 0.25) is 0 Å². The Morgan fingerprint density at radius 2 is 0.491 bits per heavy atom. The first-order chi connectivity index (χ1) is 26.0. The van der Waals surface area contributed by atoms with Crippen molar-refractivity contribution in [1.82, 2.24) is 0 Å². The van der Waals surface area contributed by atoms with E-state index in [0.717, 1.165) is 25.7 Å². The van der Waals surface area contributed by atoms with Gasteiger partial charge in [0.15, 0.2) is 0 Å². The summed E-state index contributed by atoms with van der Waals surface area (Å²) < 4.78 is 3.25. The predicted molar refractivity (Wildman–Crippen MR) is 231 cm³/mol. The van der Waals surface area contributed by atoms with Crippen molar-refractivity contribution in [2.45, 2.75) is 281 Å². The Hall–Kier alpha value is -0.521. The van der Waals surface area contributed by atoms with Crippen LogP contribution in [0.4, 0.5) is 0 Å². The van der Waals surface area contributed by atoms with Crippen molar-refractivity contribution in [1.29, 1.82) is 0 Å². The van der Waals surface area contributed by atoms with E-state index in [9.17, 15) is 19.8 Å². The molecule has 0 aliphatic carbocycles. The zero-order valence-corrected chi connectivity index (χ0v) is 39.3. The molecule has 0 atom stereocenters. The zero-order chi connectivity index (χ0) is 39.3. The molecule has 0 aromatic rings. The third-order valence-corrected chi connectivity index (χ3v) is 14.9. The van der Waals surface area contributed by atoms with Crippen molar-refractivity contribution in [3.05, 3.63) is 11.1 Å². The van der Waals surface area contributed by atoms with Crippen molar-refractivity contribution in [3.63, 3.8) is 0 Å². The normalized spacial score (nSPS) is 11.5. The van der Waals surface area contributed by atoms with E-state index in [1.807, 2.05) is 0 Å². The topological polar surface area (TPSA) is 80.3 Å². The van der Waals surface area contributed by atoms with Crippen molar-refractivity contribution < 1.29 is 19.8 Å². The molecule has 0 bridgehead atoms. The van der Waals surface area contributed by atoms with E-state index in [1.54, 1.807) is 8.87 Å². The Balaban J connectivity index is 0. The molecule has 0 aliphatic rings. The second kappa shape index (κ2) is 47.6. The summed E-state index contributed by atoms with van der Waals surface area (Å²) in [7, 11) is 0. The van der Waals surface area contributed by atoms with Gasteiger partial charge in [-0.3, -0.25) is 0 Å². The molecule has 0 saturated heterocycles. The first-order valence-corrected chi connectivity index (χ1v) is 27.8. The van der Waals surface area contributed by atoms with Gasteiger partial charge in [0.1, 0.15) is 0 Å². The van der Waals surface area contributed by atoms with Crippen LogP contribution in [0.25, 0.3) is 0 Å². The van der Waals surface area contributed by atoms with Gasteiger partial charge in [-0.15, -0.1) is 0 Å².